The van der Waals surface area contributed by atoms with Crippen molar-refractivity contribution >= 4 is 16.9 Å². The second-order valence-electron chi connectivity index (χ2n) is 5.93. The Labute approximate surface area is 134 Å². The van der Waals surface area contributed by atoms with Crippen molar-refractivity contribution < 1.29 is 9.47 Å². The van der Waals surface area contributed by atoms with Crippen LogP contribution in [0.2, 0.25) is 0 Å². The summed E-state index contributed by atoms with van der Waals surface area (Å²) in [4.78, 5) is 11.1. The standard InChI is InChI=1S/C17H18N4O2/c18-10-13-9-12-3-1-5-19-16(12)20-17(13)21-6-8-23-15(11-21)14-4-2-7-22-14/h1,3,5,9,14-15H,2,4,6-8,11H2. The first-order valence-corrected chi connectivity index (χ1v) is 7.99. The fourth-order valence-corrected chi connectivity index (χ4v) is 3.31. The number of fused-ring (bicyclic) bond motifs is 1. The predicted octanol–water partition coefficient (Wildman–Crippen LogP) is 1.89. The lowest BCUT2D eigenvalue weighted by molar-refractivity contribution is -0.0544. The van der Waals surface area contributed by atoms with Crippen LogP contribution in [-0.4, -0.2) is 48.5 Å². The number of hydrogen-bond acceptors (Lipinski definition) is 6. The molecule has 6 nitrogen and oxygen atoms in total. The van der Waals surface area contributed by atoms with E-state index in [1.807, 2.05) is 18.2 Å². The molecular weight excluding hydrogens is 292 g/mol. The molecule has 0 aromatic carbocycles. The van der Waals surface area contributed by atoms with Crippen LogP contribution in [0, 0.1) is 11.3 Å². The molecule has 2 fully saturated rings. The van der Waals surface area contributed by atoms with E-state index in [1.54, 1.807) is 6.20 Å². The van der Waals surface area contributed by atoms with Crippen molar-refractivity contribution in [3.63, 3.8) is 0 Å². The van der Waals surface area contributed by atoms with Crippen molar-refractivity contribution in [2.45, 2.75) is 25.0 Å². The third-order valence-corrected chi connectivity index (χ3v) is 4.46. The van der Waals surface area contributed by atoms with Gasteiger partial charge < -0.3 is 14.4 Å². The van der Waals surface area contributed by atoms with Crippen molar-refractivity contribution in [2.24, 2.45) is 0 Å². The van der Waals surface area contributed by atoms with E-state index in [2.05, 4.69) is 20.9 Å². The molecule has 4 rings (SSSR count). The maximum absolute atomic E-state index is 9.49. The Morgan fingerprint density at radius 2 is 2.17 bits per heavy atom. The minimum Gasteiger partial charge on any atom is -0.375 e. The van der Waals surface area contributed by atoms with Gasteiger partial charge in [-0.25, -0.2) is 9.97 Å². The Balaban J connectivity index is 1.66. The summed E-state index contributed by atoms with van der Waals surface area (Å²) in [5.74, 6) is 0.699. The summed E-state index contributed by atoms with van der Waals surface area (Å²) >= 11 is 0. The number of nitriles is 1. The maximum atomic E-state index is 9.49. The first kappa shape index (κ1) is 14.4. The van der Waals surface area contributed by atoms with Crippen molar-refractivity contribution in [2.75, 3.05) is 31.2 Å². The minimum absolute atomic E-state index is 0.0408. The molecule has 4 heterocycles. The molecule has 0 amide bonds. The lowest BCUT2D eigenvalue weighted by Gasteiger charge is -2.36. The number of ether oxygens (including phenoxy) is 2. The van der Waals surface area contributed by atoms with Crippen LogP contribution in [0.5, 0.6) is 0 Å². The van der Waals surface area contributed by atoms with Gasteiger partial charge in [0.05, 0.1) is 18.3 Å². The fraction of sp³-hybridized carbons (Fsp3) is 0.471. The molecule has 118 valence electrons. The van der Waals surface area contributed by atoms with Crippen LogP contribution in [0.25, 0.3) is 11.0 Å². The molecule has 0 saturated carbocycles. The Morgan fingerprint density at radius 1 is 1.26 bits per heavy atom. The topological polar surface area (TPSA) is 71.3 Å². The van der Waals surface area contributed by atoms with Gasteiger partial charge in [0.2, 0.25) is 0 Å². The highest BCUT2D eigenvalue weighted by Gasteiger charge is 2.32. The van der Waals surface area contributed by atoms with Gasteiger partial charge in [0.25, 0.3) is 0 Å². The smallest absolute Gasteiger partial charge is 0.161 e. The number of hydrogen-bond donors (Lipinski definition) is 0. The number of rotatable bonds is 2. The Hall–Kier alpha value is -2.23. The van der Waals surface area contributed by atoms with Gasteiger partial charge in [0.1, 0.15) is 18.0 Å². The van der Waals surface area contributed by atoms with Crippen molar-refractivity contribution in [3.05, 3.63) is 30.0 Å². The van der Waals surface area contributed by atoms with Crippen molar-refractivity contribution in [1.82, 2.24) is 9.97 Å². The van der Waals surface area contributed by atoms with Crippen molar-refractivity contribution in [3.8, 4) is 6.07 Å². The lowest BCUT2D eigenvalue weighted by atomic mass is 10.1. The van der Waals surface area contributed by atoms with E-state index in [-0.39, 0.29) is 12.2 Å². The van der Waals surface area contributed by atoms with Gasteiger partial charge in [0.15, 0.2) is 5.65 Å². The summed E-state index contributed by atoms with van der Waals surface area (Å²) in [6.45, 7) is 2.86. The molecule has 2 aromatic heterocycles. The molecule has 0 spiro atoms. The van der Waals surface area contributed by atoms with Crippen LogP contribution in [0.1, 0.15) is 18.4 Å². The normalized spacial score (nSPS) is 24.7. The molecule has 2 atom stereocenters. The fourth-order valence-electron chi connectivity index (χ4n) is 3.31. The van der Waals surface area contributed by atoms with Crippen LogP contribution < -0.4 is 4.90 Å². The number of pyridine rings is 2. The third kappa shape index (κ3) is 2.74. The average molecular weight is 310 g/mol. The predicted molar refractivity (Wildman–Crippen MR) is 85.2 cm³/mol. The van der Waals surface area contributed by atoms with Crippen LogP contribution in [0.4, 0.5) is 5.82 Å². The van der Waals surface area contributed by atoms with E-state index in [1.165, 1.54) is 0 Å². The molecule has 2 unspecified atom stereocenters. The van der Waals surface area contributed by atoms with Crippen LogP contribution in [0.3, 0.4) is 0 Å². The molecule has 0 radical (unpaired) electrons. The first-order chi connectivity index (χ1) is 11.3. The van der Waals surface area contributed by atoms with Crippen LogP contribution in [-0.2, 0) is 9.47 Å². The van der Waals surface area contributed by atoms with E-state index in [4.69, 9.17) is 9.47 Å². The Morgan fingerprint density at radius 3 is 3.00 bits per heavy atom. The van der Waals surface area contributed by atoms with E-state index < -0.39 is 0 Å². The van der Waals surface area contributed by atoms with E-state index in [9.17, 15) is 5.26 Å². The molecule has 23 heavy (non-hydrogen) atoms. The maximum Gasteiger partial charge on any atom is 0.161 e. The molecule has 6 heteroatoms. The van der Waals surface area contributed by atoms with Gasteiger partial charge in [0, 0.05) is 31.3 Å². The minimum atomic E-state index is 0.0408. The second-order valence-corrected chi connectivity index (χ2v) is 5.93. The van der Waals surface area contributed by atoms with E-state index >= 15 is 0 Å². The summed E-state index contributed by atoms with van der Waals surface area (Å²) in [6.07, 6.45) is 4.04. The Kier molecular flexibility index (Phi) is 3.82. The monoisotopic (exact) mass is 310 g/mol. The largest absolute Gasteiger partial charge is 0.375 e. The molecular formula is C17H18N4O2. The Bertz CT molecular complexity index is 752. The van der Waals surface area contributed by atoms with Gasteiger partial charge in [-0.2, -0.15) is 5.26 Å². The summed E-state index contributed by atoms with van der Waals surface area (Å²) in [7, 11) is 0. The molecule has 0 aliphatic carbocycles. The summed E-state index contributed by atoms with van der Waals surface area (Å²) < 4.78 is 11.6. The molecule has 2 aliphatic heterocycles. The number of aromatic nitrogens is 2. The van der Waals surface area contributed by atoms with Gasteiger partial charge in [-0.15, -0.1) is 0 Å². The van der Waals surface area contributed by atoms with Gasteiger partial charge in [-0.05, 0) is 31.0 Å². The molecule has 2 aliphatic rings. The zero-order chi connectivity index (χ0) is 15.6. The molecule has 2 saturated heterocycles. The zero-order valence-corrected chi connectivity index (χ0v) is 12.8. The van der Waals surface area contributed by atoms with Gasteiger partial charge in [-0.3, -0.25) is 0 Å². The second kappa shape index (κ2) is 6.11. The van der Waals surface area contributed by atoms with E-state index in [0.29, 0.717) is 30.2 Å². The number of nitrogens with zero attached hydrogens (tertiary/aromatic N) is 4. The third-order valence-electron chi connectivity index (χ3n) is 4.46. The van der Waals surface area contributed by atoms with Gasteiger partial charge >= 0.3 is 0 Å². The first-order valence-electron chi connectivity index (χ1n) is 7.99. The molecule has 0 N–H and O–H groups in total. The molecule has 0 bridgehead atoms. The highest BCUT2D eigenvalue weighted by molar-refractivity contribution is 5.79. The zero-order valence-electron chi connectivity index (χ0n) is 12.8. The highest BCUT2D eigenvalue weighted by Crippen LogP contribution is 2.26. The SMILES string of the molecule is N#Cc1cc2cccnc2nc1N1CCOC(C2CCCO2)C1. The summed E-state index contributed by atoms with van der Waals surface area (Å²) in [5, 5.41) is 10.4. The molecule has 2 aromatic rings. The van der Waals surface area contributed by atoms with Crippen molar-refractivity contribution in [1.29, 1.82) is 5.26 Å². The number of morpholine rings is 1. The number of anilines is 1. The van der Waals surface area contributed by atoms with Crippen LogP contribution >= 0.6 is 0 Å². The van der Waals surface area contributed by atoms with E-state index in [0.717, 1.165) is 31.4 Å². The highest BCUT2D eigenvalue weighted by atomic mass is 16.5. The van der Waals surface area contributed by atoms with Crippen LogP contribution in [0.15, 0.2) is 24.4 Å². The van der Waals surface area contributed by atoms with Gasteiger partial charge in [-0.1, -0.05) is 0 Å². The average Bonchev–Trinajstić information content (AvgIpc) is 3.15. The summed E-state index contributed by atoms with van der Waals surface area (Å²) in [5.41, 5.74) is 1.25. The summed E-state index contributed by atoms with van der Waals surface area (Å²) in [6, 6.07) is 7.91. The lowest BCUT2D eigenvalue weighted by Crippen LogP contribution is -2.48. The quantitative estimate of drug-likeness (QED) is 0.843.